The highest BCUT2D eigenvalue weighted by Crippen LogP contribution is 2.46. The monoisotopic (exact) mass is 281 g/mol. The largest absolute Gasteiger partial charge is 0.489 e. The van der Waals surface area contributed by atoms with Gasteiger partial charge in [-0.15, -0.1) is 0 Å². The molecular weight excluding hydrogens is 262 g/mol. The van der Waals surface area contributed by atoms with Crippen LogP contribution in [0.1, 0.15) is 37.7 Å². The molecule has 0 radical (unpaired) electrons. The molecule has 1 aromatic rings. The smallest absolute Gasteiger partial charge is 0.179 e. The standard InChI is InChI=1S/C15H20ClNO2/c16-12-8-11(15(10-17)4-1-2-5-15)9-13-14(12)19-7-3-6-18-13/h8-9H,1-7,10,17H2. The maximum absolute atomic E-state index is 6.37. The molecule has 1 aliphatic heterocycles. The zero-order chi connectivity index (χ0) is 13.3. The van der Waals surface area contributed by atoms with Gasteiger partial charge in [0.15, 0.2) is 11.5 Å². The molecule has 2 aliphatic rings. The molecule has 3 rings (SSSR count). The van der Waals surface area contributed by atoms with E-state index in [1.807, 2.05) is 6.07 Å². The second-order valence-electron chi connectivity index (χ2n) is 5.53. The predicted octanol–water partition coefficient (Wildman–Crippen LogP) is 3.27. The first kappa shape index (κ1) is 13.1. The predicted molar refractivity (Wildman–Crippen MR) is 76.3 cm³/mol. The van der Waals surface area contributed by atoms with Gasteiger partial charge >= 0.3 is 0 Å². The first-order valence-electron chi connectivity index (χ1n) is 7.05. The number of ether oxygens (including phenoxy) is 2. The van der Waals surface area contributed by atoms with Crippen molar-refractivity contribution in [3.05, 3.63) is 22.7 Å². The Balaban J connectivity index is 2.03. The molecule has 1 fully saturated rings. The molecule has 2 N–H and O–H groups in total. The summed E-state index contributed by atoms with van der Waals surface area (Å²) in [7, 11) is 0. The van der Waals surface area contributed by atoms with Crippen molar-refractivity contribution in [2.24, 2.45) is 5.73 Å². The lowest BCUT2D eigenvalue weighted by Crippen LogP contribution is -2.32. The van der Waals surface area contributed by atoms with Crippen molar-refractivity contribution in [3.63, 3.8) is 0 Å². The fraction of sp³-hybridized carbons (Fsp3) is 0.600. The Morgan fingerprint density at radius 1 is 1.11 bits per heavy atom. The van der Waals surface area contributed by atoms with E-state index in [1.165, 1.54) is 18.4 Å². The number of benzene rings is 1. The molecule has 0 amide bonds. The van der Waals surface area contributed by atoms with Crippen LogP contribution in [0, 0.1) is 0 Å². The fourth-order valence-corrected chi connectivity index (χ4v) is 3.46. The van der Waals surface area contributed by atoms with Crippen molar-refractivity contribution in [3.8, 4) is 11.5 Å². The summed E-state index contributed by atoms with van der Waals surface area (Å²) in [6.45, 7) is 2.01. The molecule has 0 unspecified atom stereocenters. The first-order valence-corrected chi connectivity index (χ1v) is 7.43. The molecule has 0 atom stereocenters. The van der Waals surface area contributed by atoms with Crippen molar-refractivity contribution in [1.82, 2.24) is 0 Å². The normalized spacial score (nSPS) is 21.2. The van der Waals surface area contributed by atoms with Crippen LogP contribution in [0.25, 0.3) is 0 Å². The summed E-state index contributed by atoms with van der Waals surface area (Å²) >= 11 is 6.37. The Bertz CT molecular complexity index is 469. The second kappa shape index (κ2) is 5.22. The van der Waals surface area contributed by atoms with E-state index in [9.17, 15) is 0 Å². The molecule has 0 aromatic heterocycles. The van der Waals surface area contributed by atoms with Crippen LogP contribution in [0.3, 0.4) is 0 Å². The van der Waals surface area contributed by atoms with Crippen LogP contribution in [-0.2, 0) is 5.41 Å². The molecule has 19 heavy (non-hydrogen) atoms. The Labute approximate surface area is 119 Å². The topological polar surface area (TPSA) is 44.5 Å². The Morgan fingerprint density at radius 2 is 1.84 bits per heavy atom. The van der Waals surface area contributed by atoms with E-state index in [0.29, 0.717) is 30.5 Å². The number of halogens is 1. The second-order valence-corrected chi connectivity index (χ2v) is 5.93. The molecule has 0 saturated heterocycles. The zero-order valence-electron chi connectivity index (χ0n) is 11.1. The molecular formula is C15H20ClNO2. The number of rotatable bonds is 2. The number of hydrogen-bond acceptors (Lipinski definition) is 3. The molecule has 1 aliphatic carbocycles. The van der Waals surface area contributed by atoms with Gasteiger partial charge in [0.2, 0.25) is 0 Å². The summed E-state index contributed by atoms with van der Waals surface area (Å²) in [5.41, 5.74) is 7.33. The summed E-state index contributed by atoms with van der Waals surface area (Å²) in [4.78, 5) is 0. The summed E-state index contributed by atoms with van der Waals surface area (Å²) in [6, 6.07) is 4.11. The van der Waals surface area contributed by atoms with E-state index in [4.69, 9.17) is 26.8 Å². The van der Waals surface area contributed by atoms with Crippen molar-refractivity contribution in [2.45, 2.75) is 37.5 Å². The van der Waals surface area contributed by atoms with Crippen molar-refractivity contribution in [2.75, 3.05) is 19.8 Å². The minimum Gasteiger partial charge on any atom is -0.489 e. The quantitative estimate of drug-likeness (QED) is 0.905. The van der Waals surface area contributed by atoms with Crippen molar-refractivity contribution >= 4 is 11.6 Å². The van der Waals surface area contributed by atoms with E-state index < -0.39 is 0 Å². The van der Waals surface area contributed by atoms with Crippen LogP contribution in [0.4, 0.5) is 0 Å². The van der Waals surface area contributed by atoms with E-state index >= 15 is 0 Å². The van der Waals surface area contributed by atoms with Gasteiger partial charge < -0.3 is 15.2 Å². The van der Waals surface area contributed by atoms with E-state index in [0.717, 1.165) is 25.0 Å². The molecule has 0 spiro atoms. The summed E-state index contributed by atoms with van der Waals surface area (Å²) in [5.74, 6) is 1.47. The van der Waals surface area contributed by atoms with Gasteiger partial charge in [0.05, 0.1) is 18.2 Å². The first-order chi connectivity index (χ1) is 9.25. The van der Waals surface area contributed by atoms with Gasteiger partial charge in [0.25, 0.3) is 0 Å². The maximum Gasteiger partial charge on any atom is 0.179 e. The molecule has 1 heterocycles. The van der Waals surface area contributed by atoms with Gasteiger partial charge in [0.1, 0.15) is 0 Å². The maximum atomic E-state index is 6.37. The molecule has 104 valence electrons. The van der Waals surface area contributed by atoms with Crippen LogP contribution in [0.5, 0.6) is 11.5 Å². The average molecular weight is 282 g/mol. The van der Waals surface area contributed by atoms with Crippen LogP contribution in [-0.4, -0.2) is 19.8 Å². The highest BCUT2D eigenvalue weighted by Gasteiger charge is 2.35. The zero-order valence-corrected chi connectivity index (χ0v) is 11.8. The van der Waals surface area contributed by atoms with Crippen molar-refractivity contribution in [1.29, 1.82) is 0 Å². The number of nitrogens with two attached hydrogens (primary N) is 1. The van der Waals surface area contributed by atoms with Gasteiger partial charge in [-0.3, -0.25) is 0 Å². The van der Waals surface area contributed by atoms with E-state index in [1.54, 1.807) is 0 Å². The third kappa shape index (κ3) is 2.30. The van der Waals surface area contributed by atoms with Gasteiger partial charge in [-0.1, -0.05) is 24.4 Å². The minimum atomic E-state index is 0.0777. The lowest BCUT2D eigenvalue weighted by atomic mass is 9.79. The Hall–Kier alpha value is -0.930. The molecule has 1 aromatic carbocycles. The van der Waals surface area contributed by atoms with Crippen LogP contribution in [0.2, 0.25) is 5.02 Å². The van der Waals surface area contributed by atoms with Gasteiger partial charge in [0, 0.05) is 18.4 Å². The molecule has 3 nitrogen and oxygen atoms in total. The van der Waals surface area contributed by atoms with Crippen LogP contribution in [0.15, 0.2) is 12.1 Å². The molecule has 0 bridgehead atoms. The minimum absolute atomic E-state index is 0.0777. The lowest BCUT2D eigenvalue weighted by Gasteiger charge is -2.29. The van der Waals surface area contributed by atoms with Gasteiger partial charge in [-0.25, -0.2) is 0 Å². The highest BCUT2D eigenvalue weighted by atomic mass is 35.5. The molecule has 4 heteroatoms. The lowest BCUT2D eigenvalue weighted by molar-refractivity contribution is 0.296. The summed E-state index contributed by atoms with van der Waals surface area (Å²) < 4.78 is 11.4. The Kier molecular flexibility index (Phi) is 3.59. The van der Waals surface area contributed by atoms with Crippen LogP contribution < -0.4 is 15.2 Å². The number of fused-ring (bicyclic) bond motifs is 1. The third-order valence-corrected chi connectivity index (χ3v) is 4.65. The van der Waals surface area contributed by atoms with Gasteiger partial charge in [-0.2, -0.15) is 0 Å². The third-order valence-electron chi connectivity index (χ3n) is 4.37. The van der Waals surface area contributed by atoms with E-state index in [-0.39, 0.29) is 5.41 Å². The van der Waals surface area contributed by atoms with Crippen molar-refractivity contribution < 1.29 is 9.47 Å². The number of hydrogen-bond donors (Lipinski definition) is 1. The summed E-state index contributed by atoms with van der Waals surface area (Å²) in [6.07, 6.45) is 5.65. The average Bonchev–Trinajstić information content (AvgIpc) is 2.78. The fourth-order valence-electron chi connectivity index (χ4n) is 3.20. The van der Waals surface area contributed by atoms with E-state index in [2.05, 4.69) is 6.07 Å². The van der Waals surface area contributed by atoms with Crippen LogP contribution >= 0.6 is 11.6 Å². The molecule has 1 saturated carbocycles. The highest BCUT2D eigenvalue weighted by molar-refractivity contribution is 6.32. The Morgan fingerprint density at radius 3 is 2.58 bits per heavy atom. The SMILES string of the molecule is NCC1(c2cc(Cl)c3c(c2)OCCCO3)CCCC1. The van der Waals surface area contributed by atoms with Gasteiger partial charge in [-0.05, 0) is 30.5 Å². The summed E-state index contributed by atoms with van der Waals surface area (Å²) in [5, 5.41) is 0.647.